The fraction of sp³-hybridized carbons (Fsp3) is 0.368. The van der Waals surface area contributed by atoms with Crippen LogP contribution in [0.3, 0.4) is 0 Å². The van der Waals surface area contributed by atoms with Crippen molar-refractivity contribution >= 4 is 28.7 Å². The number of hydrogen-bond donors (Lipinski definition) is 1. The van der Waals surface area contributed by atoms with Crippen LogP contribution in [0.5, 0.6) is 5.75 Å². The molecular weight excluding hydrogens is 360 g/mol. The molecule has 138 valence electrons. The number of anilines is 1. The molecule has 0 radical (unpaired) electrons. The number of nitrogens with zero attached hydrogens (tertiary/aromatic N) is 5. The molecule has 0 spiro atoms. The third-order valence-corrected chi connectivity index (χ3v) is 5.72. The Morgan fingerprint density at radius 3 is 2.93 bits per heavy atom. The van der Waals surface area contributed by atoms with Crippen molar-refractivity contribution in [2.24, 2.45) is 0 Å². The van der Waals surface area contributed by atoms with Crippen LogP contribution in [0.15, 0.2) is 11.2 Å². The summed E-state index contributed by atoms with van der Waals surface area (Å²) in [6.45, 7) is 6.33. The minimum atomic E-state index is 0.127. The second kappa shape index (κ2) is 6.74. The van der Waals surface area contributed by atoms with Gasteiger partial charge in [-0.3, -0.25) is 4.98 Å². The number of methoxy groups -OCH3 is 1. The molecule has 1 aliphatic rings. The van der Waals surface area contributed by atoms with E-state index >= 15 is 0 Å². The molecule has 0 aromatic carbocycles. The normalized spacial score (nSPS) is 15.5. The van der Waals surface area contributed by atoms with Gasteiger partial charge in [0.15, 0.2) is 5.65 Å². The van der Waals surface area contributed by atoms with Crippen molar-refractivity contribution in [3.63, 3.8) is 0 Å². The molecule has 3 aromatic rings. The Morgan fingerprint density at radius 2 is 2.19 bits per heavy atom. The van der Waals surface area contributed by atoms with Crippen molar-refractivity contribution in [3.05, 3.63) is 28.7 Å². The first-order valence-corrected chi connectivity index (χ1v) is 9.50. The lowest BCUT2D eigenvalue weighted by molar-refractivity contribution is 0.406. The van der Waals surface area contributed by atoms with Crippen molar-refractivity contribution in [2.45, 2.75) is 44.0 Å². The van der Waals surface area contributed by atoms with E-state index in [9.17, 15) is 0 Å². The van der Waals surface area contributed by atoms with E-state index in [-0.39, 0.29) is 11.2 Å². The number of nitrogen functional groups attached to an aromatic ring is 1. The molecule has 4 rings (SSSR count). The summed E-state index contributed by atoms with van der Waals surface area (Å²) >= 11 is 1.63. The number of aromatic nitrogens is 5. The molecule has 0 bridgehead atoms. The molecule has 3 aromatic heterocycles. The molecule has 1 atom stereocenters. The van der Waals surface area contributed by atoms with Crippen LogP contribution in [0.1, 0.15) is 29.4 Å². The summed E-state index contributed by atoms with van der Waals surface area (Å²) < 4.78 is 7.38. The van der Waals surface area contributed by atoms with Crippen LogP contribution in [0.2, 0.25) is 0 Å². The van der Waals surface area contributed by atoms with Crippen LogP contribution in [-0.2, 0) is 13.0 Å². The summed E-state index contributed by atoms with van der Waals surface area (Å²) in [6, 6.07) is 0. The van der Waals surface area contributed by atoms with Crippen LogP contribution in [0.4, 0.5) is 5.95 Å². The fourth-order valence-electron chi connectivity index (χ4n) is 3.43. The first kappa shape index (κ1) is 17.6. The number of nitrogens with two attached hydrogens (primary N) is 1. The molecule has 2 N–H and O–H groups in total. The van der Waals surface area contributed by atoms with Gasteiger partial charge in [0.2, 0.25) is 5.95 Å². The van der Waals surface area contributed by atoms with Gasteiger partial charge in [-0.2, -0.15) is 10.1 Å². The zero-order valence-electron chi connectivity index (χ0n) is 15.7. The molecule has 0 saturated heterocycles. The molecule has 1 unspecified atom stereocenters. The van der Waals surface area contributed by atoms with Gasteiger partial charge in [0.05, 0.1) is 35.7 Å². The third kappa shape index (κ3) is 2.98. The van der Waals surface area contributed by atoms with Gasteiger partial charge in [-0.25, -0.2) is 9.67 Å². The predicted octanol–water partition coefficient (Wildman–Crippen LogP) is 2.52. The van der Waals surface area contributed by atoms with Crippen LogP contribution < -0.4 is 10.5 Å². The topological polar surface area (TPSA) is 91.7 Å². The molecule has 0 fully saturated rings. The van der Waals surface area contributed by atoms with Gasteiger partial charge in [-0.15, -0.1) is 5.92 Å². The van der Waals surface area contributed by atoms with Gasteiger partial charge < -0.3 is 10.5 Å². The molecule has 1 aliphatic heterocycles. The van der Waals surface area contributed by atoms with Gasteiger partial charge in [0.1, 0.15) is 10.8 Å². The number of ether oxygens (including phenoxy) is 1. The highest BCUT2D eigenvalue weighted by Gasteiger charge is 2.27. The monoisotopic (exact) mass is 380 g/mol. The van der Waals surface area contributed by atoms with E-state index in [0.717, 1.165) is 50.7 Å². The molecule has 4 heterocycles. The van der Waals surface area contributed by atoms with Crippen LogP contribution in [0.25, 0.3) is 11.0 Å². The Balaban J connectivity index is 1.82. The van der Waals surface area contributed by atoms with Crippen molar-refractivity contribution < 1.29 is 4.74 Å². The molecule has 0 saturated carbocycles. The minimum Gasteiger partial charge on any atom is -0.496 e. The van der Waals surface area contributed by atoms with Gasteiger partial charge in [-0.1, -0.05) is 17.7 Å². The number of pyridine rings is 1. The average Bonchev–Trinajstić information content (AvgIpc) is 2.96. The van der Waals surface area contributed by atoms with E-state index in [1.54, 1.807) is 18.9 Å². The van der Waals surface area contributed by atoms with Gasteiger partial charge in [0.25, 0.3) is 0 Å². The van der Waals surface area contributed by atoms with Crippen molar-refractivity contribution in [1.29, 1.82) is 0 Å². The lowest BCUT2D eigenvalue weighted by Crippen LogP contribution is -2.11. The van der Waals surface area contributed by atoms with E-state index in [2.05, 4.69) is 26.8 Å². The SMILES string of the molecule is CC#CC1Cc2nn(Cc3ncc(C)c(OC)c3C)c3nc(N)nc(c23)S1. The number of hydrogen-bond acceptors (Lipinski definition) is 7. The van der Waals surface area contributed by atoms with Gasteiger partial charge >= 0.3 is 0 Å². The molecule has 0 amide bonds. The quantitative estimate of drug-likeness (QED) is 0.551. The molecule has 0 aliphatic carbocycles. The zero-order chi connectivity index (χ0) is 19.1. The zero-order valence-corrected chi connectivity index (χ0v) is 16.5. The van der Waals surface area contributed by atoms with E-state index in [1.165, 1.54) is 0 Å². The molecular formula is C19H20N6OS. The summed E-state index contributed by atoms with van der Waals surface area (Å²) in [4.78, 5) is 13.5. The lowest BCUT2D eigenvalue weighted by Gasteiger charge is -2.15. The first-order chi connectivity index (χ1) is 13.0. The van der Waals surface area contributed by atoms with Crippen LogP contribution in [-0.4, -0.2) is 37.1 Å². The van der Waals surface area contributed by atoms with Crippen molar-refractivity contribution in [2.75, 3.05) is 12.8 Å². The molecule has 7 nitrogen and oxygen atoms in total. The Morgan fingerprint density at radius 1 is 1.37 bits per heavy atom. The van der Waals surface area contributed by atoms with Crippen LogP contribution in [0, 0.1) is 25.7 Å². The second-order valence-electron chi connectivity index (χ2n) is 6.44. The van der Waals surface area contributed by atoms with Crippen molar-refractivity contribution in [3.8, 4) is 17.6 Å². The Kier molecular flexibility index (Phi) is 4.40. The van der Waals surface area contributed by atoms with Gasteiger partial charge in [-0.05, 0) is 20.8 Å². The van der Waals surface area contributed by atoms with Crippen molar-refractivity contribution in [1.82, 2.24) is 24.7 Å². The largest absolute Gasteiger partial charge is 0.496 e. The maximum Gasteiger partial charge on any atom is 0.223 e. The predicted molar refractivity (Wildman–Crippen MR) is 106 cm³/mol. The lowest BCUT2D eigenvalue weighted by atomic mass is 10.1. The highest BCUT2D eigenvalue weighted by Crippen LogP contribution is 2.38. The van der Waals surface area contributed by atoms with E-state index in [0.29, 0.717) is 6.54 Å². The van der Waals surface area contributed by atoms with Gasteiger partial charge in [0, 0.05) is 23.7 Å². The van der Waals surface area contributed by atoms with Crippen LogP contribution >= 0.6 is 11.8 Å². The highest BCUT2D eigenvalue weighted by atomic mass is 32.2. The Hall–Kier alpha value is -2.79. The molecule has 8 heteroatoms. The average molecular weight is 380 g/mol. The summed E-state index contributed by atoms with van der Waals surface area (Å²) in [5, 5.41) is 6.76. The third-order valence-electron chi connectivity index (χ3n) is 4.64. The highest BCUT2D eigenvalue weighted by molar-refractivity contribution is 8.00. The minimum absolute atomic E-state index is 0.127. The fourth-order valence-corrected chi connectivity index (χ4v) is 4.59. The maximum absolute atomic E-state index is 5.96. The van der Waals surface area contributed by atoms with E-state index in [4.69, 9.17) is 15.6 Å². The van der Waals surface area contributed by atoms with E-state index < -0.39 is 0 Å². The first-order valence-electron chi connectivity index (χ1n) is 8.62. The second-order valence-corrected chi connectivity index (χ2v) is 7.63. The number of aryl methyl sites for hydroxylation is 1. The standard InChI is InChI=1S/C19H20N6OS/c1-5-6-12-7-13-15-17(22-19(20)23-18(15)27-12)25(24-13)9-14-11(3)16(26-4)10(2)8-21-14/h8,12H,7,9H2,1-4H3,(H2,20,22,23). The summed E-state index contributed by atoms with van der Waals surface area (Å²) in [7, 11) is 1.68. The van der Waals surface area contributed by atoms with E-state index in [1.807, 2.05) is 31.6 Å². The maximum atomic E-state index is 5.96. The number of rotatable bonds is 3. The Bertz CT molecular complexity index is 1110. The smallest absolute Gasteiger partial charge is 0.223 e. The summed E-state index contributed by atoms with van der Waals surface area (Å²) in [6.07, 6.45) is 2.59. The Labute approximate surface area is 161 Å². The molecule has 27 heavy (non-hydrogen) atoms. The number of thioether (sulfide) groups is 1. The summed E-state index contributed by atoms with van der Waals surface area (Å²) in [5.41, 5.74) is 10.6. The summed E-state index contributed by atoms with van der Waals surface area (Å²) in [5.74, 6) is 7.29.